The molecule has 0 aliphatic rings. The number of ketones is 1. The monoisotopic (exact) mass is 425 g/mol. The van der Waals surface area contributed by atoms with E-state index in [1.165, 1.54) is 0 Å². The minimum atomic E-state index is -0.594. The summed E-state index contributed by atoms with van der Waals surface area (Å²) in [6.07, 6.45) is -0.594. The van der Waals surface area contributed by atoms with Crippen molar-refractivity contribution in [1.29, 1.82) is 0 Å². The Hall–Kier alpha value is -1.40. The standard InChI is InChI=1S/C19H23BrClN2O2/c1-23(2,13-19(25)14-7-9-15(20)10-8-14)12-16(24)11-22-18-6-4-3-5-17(18)21/h3-10,16,22,24H,11-13H2,1-2H3/q+1/t16-/m1/s1. The highest BCUT2D eigenvalue weighted by molar-refractivity contribution is 9.10. The van der Waals surface area contributed by atoms with Crippen LogP contribution in [0.1, 0.15) is 10.4 Å². The largest absolute Gasteiger partial charge is 0.385 e. The Morgan fingerprint density at radius 1 is 1.20 bits per heavy atom. The summed E-state index contributed by atoms with van der Waals surface area (Å²) in [5, 5.41) is 14.1. The molecule has 0 saturated heterocycles. The van der Waals surface area contributed by atoms with Crippen LogP contribution in [0.15, 0.2) is 53.0 Å². The number of aliphatic hydroxyl groups is 1. The van der Waals surface area contributed by atoms with E-state index < -0.39 is 6.10 Å². The molecule has 0 radical (unpaired) electrons. The lowest BCUT2D eigenvalue weighted by molar-refractivity contribution is -0.884. The van der Waals surface area contributed by atoms with Crippen LogP contribution in [0, 0.1) is 0 Å². The molecule has 25 heavy (non-hydrogen) atoms. The highest BCUT2D eigenvalue weighted by atomic mass is 79.9. The first-order valence-corrected chi connectivity index (χ1v) is 9.21. The summed E-state index contributed by atoms with van der Waals surface area (Å²) in [5.41, 5.74) is 1.47. The van der Waals surface area contributed by atoms with E-state index in [1.807, 2.05) is 56.6 Å². The smallest absolute Gasteiger partial charge is 0.216 e. The zero-order valence-corrected chi connectivity index (χ0v) is 16.7. The molecule has 2 aromatic rings. The van der Waals surface area contributed by atoms with Crippen LogP contribution in [0.5, 0.6) is 0 Å². The van der Waals surface area contributed by atoms with Gasteiger partial charge in [-0.15, -0.1) is 0 Å². The molecule has 6 heteroatoms. The van der Waals surface area contributed by atoms with E-state index in [0.717, 1.165) is 10.2 Å². The number of carbonyl (C=O) groups is 1. The van der Waals surface area contributed by atoms with Crippen molar-refractivity contribution in [3.05, 3.63) is 63.6 Å². The SMILES string of the molecule is C[N+](C)(CC(=O)c1ccc(Br)cc1)C[C@H](O)CNc1ccccc1Cl. The van der Waals surface area contributed by atoms with Crippen LogP contribution < -0.4 is 5.32 Å². The number of rotatable bonds is 8. The molecule has 0 aliphatic heterocycles. The third-order valence-electron chi connectivity index (χ3n) is 3.84. The number of halogens is 2. The highest BCUT2D eigenvalue weighted by Gasteiger charge is 2.24. The summed E-state index contributed by atoms with van der Waals surface area (Å²) >= 11 is 9.46. The zero-order chi connectivity index (χ0) is 18.4. The van der Waals surface area contributed by atoms with Gasteiger partial charge in [-0.3, -0.25) is 4.79 Å². The number of carbonyl (C=O) groups excluding carboxylic acids is 1. The summed E-state index contributed by atoms with van der Waals surface area (Å²) in [4.78, 5) is 12.4. The maximum Gasteiger partial charge on any atom is 0.216 e. The van der Waals surface area contributed by atoms with Crippen LogP contribution in [-0.4, -0.2) is 55.2 Å². The van der Waals surface area contributed by atoms with Gasteiger partial charge in [-0.05, 0) is 24.3 Å². The van der Waals surface area contributed by atoms with Crippen molar-refractivity contribution < 1.29 is 14.4 Å². The number of hydrogen-bond acceptors (Lipinski definition) is 3. The van der Waals surface area contributed by atoms with Gasteiger partial charge in [-0.25, -0.2) is 0 Å². The molecular formula is C19H23BrClN2O2+. The fourth-order valence-electron chi connectivity index (χ4n) is 2.65. The number of quaternary nitrogens is 1. The molecule has 0 bridgehead atoms. The van der Waals surface area contributed by atoms with Gasteiger partial charge in [0.2, 0.25) is 5.78 Å². The molecule has 4 nitrogen and oxygen atoms in total. The van der Waals surface area contributed by atoms with E-state index in [4.69, 9.17) is 11.6 Å². The average Bonchev–Trinajstić information content (AvgIpc) is 2.53. The van der Waals surface area contributed by atoms with Crippen molar-refractivity contribution in [1.82, 2.24) is 0 Å². The average molecular weight is 427 g/mol. The number of para-hydroxylation sites is 1. The van der Waals surface area contributed by atoms with Crippen LogP contribution in [0.3, 0.4) is 0 Å². The van der Waals surface area contributed by atoms with E-state index in [2.05, 4.69) is 21.2 Å². The fourth-order valence-corrected chi connectivity index (χ4v) is 3.11. The number of benzene rings is 2. The van der Waals surface area contributed by atoms with Gasteiger partial charge in [0, 0.05) is 16.6 Å². The van der Waals surface area contributed by atoms with Crippen molar-refractivity contribution in [3.63, 3.8) is 0 Å². The first-order valence-electron chi connectivity index (χ1n) is 8.04. The highest BCUT2D eigenvalue weighted by Crippen LogP contribution is 2.20. The molecular weight excluding hydrogens is 404 g/mol. The Morgan fingerprint density at radius 3 is 2.48 bits per heavy atom. The van der Waals surface area contributed by atoms with Crippen LogP contribution in [-0.2, 0) is 0 Å². The van der Waals surface area contributed by atoms with Crippen molar-refractivity contribution in [3.8, 4) is 0 Å². The predicted octanol–water partition coefficient (Wildman–Crippen LogP) is 3.83. The van der Waals surface area contributed by atoms with Crippen LogP contribution in [0.4, 0.5) is 5.69 Å². The van der Waals surface area contributed by atoms with Gasteiger partial charge in [0.15, 0.2) is 0 Å². The second-order valence-electron chi connectivity index (χ2n) is 6.72. The number of aliphatic hydroxyl groups excluding tert-OH is 1. The normalized spacial score (nSPS) is 12.7. The summed E-state index contributed by atoms with van der Waals surface area (Å²) < 4.78 is 1.35. The van der Waals surface area contributed by atoms with Gasteiger partial charge in [0.25, 0.3) is 0 Å². The molecule has 134 valence electrons. The number of Topliss-reactive ketones (excluding diaryl/α,β-unsaturated/α-hetero) is 1. The first-order chi connectivity index (χ1) is 11.8. The van der Waals surface area contributed by atoms with Gasteiger partial charge in [0.1, 0.15) is 19.2 Å². The summed E-state index contributed by atoms with van der Waals surface area (Å²) in [5.74, 6) is 0.0590. The van der Waals surface area contributed by atoms with Crippen LogP contribution >= 0.6 is 27.5 Å². The number of nitrogens with zero attached hydrogens (tertiary/aromatic N) is 1. The van der Waals surface area contributed by atoms with E-state index >= 15 is 0 Å². The quantitative estimate of drug-likeness (QED) is 0.498. The molecule has 0 aliphatic carbocycles. The minimum absolute atomic E-state index is 0.0590. The minimum Gasteiger partial charge on any atom is -0.385 e. The molecule has 0 saturated carbocycles. The molecule has 0 amide bonds. The van der Waals surface area contributed by atoms with E-state index in [1.54, 1.807) is 6.07 Å². The van der Waals surface area contributed by atoms with Crippen LogP contribution in [0.25, 0.3) is 0 Å². The second kappa shape index (κ2) is 8.81. The topological polar surface area (TPSA) is 49.3 Å². The Bertz CT molecular complexity index is 720. The summed E-state index contributed by atoms with van der Waals surface area (Å²) in [7, 11) is 3.88. The third kappa shape index (κ3) is 6.44. The molecule has 0 unspecified atom stereocenters. The zero-order valence-electron chi connectivity index (χ0n) is 14.4. The predicted molar refractivity (Wildman–Crippen MR) is 106 cm³/mol. The molecule has 2 N–H and O–H groups in total. The van der Waals surface area contributed by atoms with Gasteiger partial charge < -0.3 is 14.9 Å². The Kier molecular flexibility index (Phi) is 7.02. The summed E-state index contributed by atoms with van der Waals surface area (Å²) in [6, 6.07) is 14.7. The van der Waals surface area contributed by atoms with Crippen molar-refractivity contribution >= 4 is 39.0 Å². The van der Waals surface area contributed by atoms with Gasteiger partial charge in [0.05, 0.1) is 24.8 Å². The van der Waals surface area contributed by atoms with Crippen molar-refractivity contribution in [2.45, 2.75) is 6.10 Å². The van der Waals surface area contributed by atoms with Crippen LogP contribution in [0.2, 0.25) is 5.02 Å². The van der Waals surface area contributed by atoms with E-state index in [0.29, 0.717) is 34.7 Å². The molecule has 2 rings (SSSR count). The fraction of sp³-hybridized carbons (Fsp3) is 0.316. The van der Waals surface area contributed by atoms with E-state index in [-0.39, 0.29) is 5.78 Å². The van der Waals surface area contributed by atoms with Gasteiger partial charge >= 0.3 is 0 Å². The first kappa shape index (κ1) is 19.9. The number of nitrogens with one attached hydrogen (secondary N) is 1. The molecule has 0 fully saturated rings. The number of anilines is 1. The molecule has 0 heterocycles. The molecule has 1 atom stereocenters. The summed E-state index contributed by atoms with van der Waals surface area (Å²) in [6.45, 7) is 1.16. The Balaban J connectivity index is 1.87. The third-order valence-corrected chi connectivity index (χ3v) is 4.70. The number of hydrogen-bond donors (Lipinski definition) is 2. The lowest BCUT2D eigenvalue weighted by Crippen LogP contribution is -2.49. The molecule has 0 aromatic heterocycles. The van der Waals surface area contributed by atoms with Crippen molar-refractivity contribution in [2.75, 3.05) is 39.0 Å². The number of likely N-dealkylation sites (N-methyl/N-ethyl adjacent to an activating group) is 1. The molecule has 2 aromatic carbocycles. The van der Waals surface area contributed by atoms with Crippen molar-refractivity contribution in [2.24, 2.45) is 0 Å². The Morgan fingerprint density at radius 2 is 1.84 bits per heavy atom. The maximum atomic E-state index is 12.4. The lowest BCUT2D eigenvalue weighted by atomic mass is 10.1. The molecule has 0 spiro atoms. The second-order valence-corrected chi connectivity index (χ2v) is 8.04. The maximum absolute atomic E-state index is 12.4. The Labute approximate surface area is 162 Å². The lowest BCUT2D eigenvalue weighted by Gasteiger charge is -2.31. The van der Waals surface area contributed by atoms with Gasteiger partial charge in [-0.1, -0.05) is 51.8 Å². The van der Waals surface area contributed by atoms with E-state index in [9.17, 15) is 9.90 Å². The van der Waals surface area contributed by atoms with Gasteiger partial charge in [-0.2, -0.15) is 0 Å².